The van der Waals surface area contributed by atoms with Gasteiger partial charge >= 0.3 is 0 Å². The van der Waals surface area contributed by atoms with E-state index >= 15 is 0 Å². The second-order valence-electron chi connectivity index (χ2n) is 8.91. The molecule has 1 aliphatic heterocycles. The number of nitrogens with two attached hydrogens (primary N) is 1. The van der Waals surface area contributed by atoms with Gasteiger partial charge in [-0.15, -0.1) is 0 Å². The van der Waals surface area contributed by atoms with E-state index in [1.54, 1.807) is 24.3 Å². The van der Waals surface area contributed by atoms with Gasteiger partial charge in [0, 0.05) is 36.8 Å². The van der Waals surface area contributed by atoms with Crippen LogP contribution in [0.1, 0.15) is 18.4 Å². The van der Waals surface area contributed by atoms with Gasteiger partial charge in [0.25, 0.3) is 5.91 Å². The van der Waals surface area contributed by atoms with E-state index < -0.39 is 11.7 Å². The molecule has 202 valence electrons. The fourth-order valence-electron chi connectivity index (χ4n) is 4.33. The minimum atomic E-state index is -0.708. The lowest BCUT2D eigenvalue weighted by Gasteiger charge is -2.32. The molecule has 3 aromatic rings. The lowest BCUT2D eigenvalue weighted by atomic mass is 9.96. The maximum atomic E-state index is 14.7. The topological polar surface area (TPSA) is 154 Å². The normalized spacial score (nSPS) is 13.8. The van der Waals surface area contributed by atoms with E-state index in [0.717, 1.165) is 18.9 Å². The maximum Gasteiger partial charge on any atom is 0.267 e. The van der Waals surface area contributed by atoms with Crippen molar-refractivity contribution in [2.24, 2.45) is 5.73 Å². The molecule has 2 heterocycles. The highest BCUT2D eigenvalue weighted by Gasteiger charge is 2.24. The van der Waals surface area contributed by atoms with Gasteiger partial charge < -0.3 is 25.2 Å². The van der Waals surface area contributed by atoms with Crippen LogP contribution in [0.2, 0.25) is 0 Å². The monoisotopic (exact) mass is 533 g/mol. The summed E-state index contributed by atoms with van der Waals surface area (Å²) in [5, 5.41) is 28.4. The number of nitriles is 1. The maximum absolute atomic E-state index is 14.7. The smallest absolute Gasteiger partial charge is 0.267 e. The Kier molecular flexibility index (Phi) is 8.60. The summed E-state index contributed by atoms with van der Waals surface area (Å²) < 4.78 is 25.9. The third kappa shape index (κ3) is 6.26. The molecule has 1 fully saturated rings. The second-order valence-corrected chi connectivity index (χ2v) is 8.91. The van der Waals surface area contributed by atoms with Crippen molar-refractivity contribution in [3.63, 3.8) is 0 Å². The highest BCUT2D eigenvalue weighted by Crippen LogP contribution is 2.43. The second kappa shape index (κ2) is 12.3. The number of amides is 1. The van der Waals surface area contributed by atoms with Crippen molar-refractivity contribution in [2.75, 3.05) is 31.7 Å². The van der Waals surface area contributed by atoms with Crippen LogP contribution in [0, 0.1) is 17.1 Å². The number of nitrogens with one attached hydrogen (secondary N) is 1. The Morgan fingerprint density at radius 3 is 2.62 bits per heavy atom. The largest absolute Gasteiger partial charge is 0.504 e. The van der Waals surface area contributed by atoms with Crippen molar-refractivity contribution in [3.05, 3.63) is 66.0 Å². The summed E-state index contributed by atoms with van der Waals surface area (Å²) in [5.41, 5.74) is 9.35. The van der Waals surface area contributed by atoms with Crippen LogP contribution in [-0.2, 0) is 4.79 Å². The molecule has 39 heavy (non-hydrogen) atoms. The van der Waals surface area contributed by atoms with E-state index in [1.165, 1.54) is 36.9 Å². The van der Waals surface area contributed by atoms with Crippen LogP contribution in [0.3, 0.4) is 0 Å². The highest BCUT2D eigenvalue weighted by atomic mass is 19.1. The van der Waals surface area contributed by atoms with E-state index in [4.69, 9.17) is 25.4 Å². The fourth-order valence-corrected chi connectivity index (χ4v) is 4.33. The molecular weight excluding hydrogens is 505 g/mol. The van der Waals surface area contributed by atoms with Gasteiger partial charge in [0.2, 0.25) is 0 Å². The summed E-state index contributed by atoms with van der Waals surface area (Å²) in [6.45, 7) is 1.38. The predicted molar refractivity (Wildman–Crippen MR) is 142 cm³/mol. The zero-order chi connectivity index (χ0) is 27.9. The molecular formula is C28H28FN5O5. The Bertz CT molecular complexity index is 1430. The van der Waals surface area contributed by atoms with Gasteiger partial charge in [0.1, 0.15) is 30.1 Å². The van der Waals surface area contributed by atoms with E-state index in [0.29, 0.717) is 47.0 Å². The number of aromatic hydroxyl groups is 1. The van der Waals surface area contributed by atoms with E-state index in [9.17, 15) is 19.6 Å². The van der Waals surface area contributed by atoms with E-state index in [2.05, 4.69) is 4.90 Å². The number of halogens is 1. The quantitative estimate of drug-likeness (QED) is 0.193. The number of hydroxylamine groups is 1. The molecule has 5 N–H and O–H groups in total. The molecule has 1 aromatic heterocycles. The summed E-state index contributed by atoms with van der Waals surface area (Å²) in [5.74, 6) is -0.302. The first-order chi connectivity index (χ1) is 18.8. The molecule has 1 aliphatic rings. The summed E-state index contributed by atoms with van der Waals surface area (Å²) in [6, 6.07) is 12.7. The molecule has 0 saturated carbocycles. The number of aromatic nitrogens is 1. The van der Waals surface area contributed by atoms with Crippen LogP contribution < -0.4 is 25.6 Å². The summed E-state index contributed by atoms with van der Waals surface area (Å²) in [6.07, 6.45) is 4.07. The van der Waals surface area contributed by atoms with Crippen molar-refractivity contribution in [1.82, 2.24) is 10.5 Å². The lowest BCUT2D eigenvalue weighted by molar-refractivity contribution is -0.124. The summed E-state index contributed by atoms with van der Waals surface area (Å²) in [7, 11) is 1.52. The van der Waals surface area contributed by atoms with Gasteiger partial charge in [-0.1, -0.05) is 12.1 Å². The number of benzene rings is 2. The molecule has 0 unspecified atom stereocenters. The molecule has 1 amide bonds. The first-order valence-electron chi connectivity index (χ1n) is 12.2. The minimum Gasteiger partial charge on any atom is -0.504 e. The number of pyridine rings is 1. The van der Waals surface area contributed by atoms with Gasteiger partial charge in [-0.2, -0.15) is 5.26 Å². The number of carbonyl (C=O) groups excluding carboxylic acids is 1. The van der Waals surface area contributed by atoms with Crippen molar-refractivity contribution in [2.45, 2.75) is 18.9 Å². The number of phenolic OH excluding ortho intramolecular Hbond substituents is 1. The number of methoxy groups -OCH3 is 1. The Balaban J connectivity index is 1.78. The molecule has 0 bridgehead atoms. The Labute approximate surface area is 224 Å². The number of ether oxygens (including phenoxy) is 2. The van der Waals surface area contributed by atoms with Gasteiger partial charge in [0.15, 0.2) is 11.5 Å². The first-order valence-corrected chi connectivity index (χ1v) is 12.2. The SMILES string of the molecule is COc1cc(N2CCC(N)CC2)nc(-c2ccc(C#N)c(F)c2)c1-c1ccc(OC/C=C/C(=O)NO)c(O)c1. The third-order valence-corrected chi connectivity index (χ3v) is 6.38. The number of hydrogen-bond acceptors (Lipinski definition) is 9. The molecule has 4 rings (SSSR count). The number of rotatable bonds is 8. The average molecular weight is 534 g/mol. The first kappa shape index (κ1) is 27.4. The Morgan fingerprint density at radius 1 is 1.23 bits per heavy atom. The van der Waals surface area contributed by atoms with Crippen LogP contribution in [0.4, 0.5) is 10.2 Å². The van der Waals surface area contributed by atoms with Crippen LogP contribution in [0.25, 0.3) is 22.4 Å². The van der Waals surface area contributed by atoms with Crippen molar-refractivity contribution >= 4 is 11.7 Å². The minimum absolute atomic E-state index is 0.0326. The molecule has 1 saturated heterocycles. The molecule has 2 aromatic carbocycles. The van der Waals surface area contributed by atoms with Crippen LogP contribution in [-0.4, -0.2) is 54.1 Å². The van der Waals surface area contributed by atoms with Gasteiger partial charge in [0.05, 0.1) is 23.9 Å². The molecule has 11 heteroatoms. The Hall–Kier alpha value is -4.66. The summed E-state index contributed by atoms with van der Waals surface area (Å²) >= 11 is 0. The van der Waals surface area contributed by atoms with Gasteiger partial charge in [-0.3, -0.25) is 10.0 Å². The zero-order valence-electron chi connectivity index (χ0n) is 21.2. The number of anilines is 1. The van der Waals surface area contributed by atoms with Crippen LogP contribution in [0.15, 0.2) is 54.6 Å². The number of hydrogen-bond donors (Lipinski definition) is 4. The Morgan fingerprint density at radius 2 is 1.97 bits per heavy atom. The molecule has 0 spiro atoms. The highest BCUT2D eigenvalue weighted by molar-refractivity contribution is 5.88. The van der Waals surface area contributed by atoms with E-state index in [1.807, 2.05) is 6.07 Å². The summed E-state index contributed by atoms with van der Waals surface area (Å²) in [4.78, 5) is 18.1. The van der Waals surface area contributed by atoms with Crippen LogP contribution in [0.5, 0.6) is 17.2 Å². The van der Waals surface area contributed by atoms with Gasteiger partial charge in [-0.05, 0) is 48.7 Å². The molecule has 0 radical (unpaired) electrons. The number of nitrogens with zero attached hydrogens (tertiary/aromatic N) is 3. The van der Waals surface area contributed by atoms with Crippen molar-refractivity contribution in [3.8, 4) is 45.7 Å². The molecule has 0 atom stereocenters. The number of piperidine rings is 1. The standard InChI is InChI=1S/C28H28FN5O5/c1-38-24-15-25(34-10-8-20(31)9-11-34)32-28(18-4-5-19(16-30)21(29)13-18)27(24)17-6-7-23(22(35)14-17)39-12-2-3-26(36)33-37/h2-7,13-15,20,35,37H,8-12,31H2,1H3,(H,33,36)/b3-2+. The molecule has 0 aliphatic carbocycles. The average Bonchev–Trinajstić information content (AvgIpc) is 2.95. The fraction of sp³-hybridized carbons (Fsp3) is 0.250. The number of carbonyl (C=O) groups is 1. The van der Waals surface area contributed by atoms with Crippen LogP contribution >= 0.6 is 0 Å². The third-order valence-electron chi connectivity index (χ3n) is 6.38. The van der Waals surface area contributed by atoms with Crippen molar-refractivity contribution < 1.29 is 29.0 Å². The van der Waals surface area contributed by atoms with Crippen molar-refractivity contribution in [1.29, 1.82) is 5.26 Å². The van der Waals surface area contributed by atoms with E-state index in [-0.39, 0.29) is 29.7 Å². The number of phenols is 1. The predicted octanol–water partition coefficient (Wildman–Crippen LogP) is 3.51. The van der Waals surface area contributed by atoms with Gasteiger partial charge in [-0.25, -0.2) is 14.9 Å². The molecule has 10 nitrogen and oxygen atoms in total. The lowest BCUT2D eigenvalue weighted by Crippen LogP contribution is -2.40. The zero-order valence-corrected chi connectivity index (χ0v) is 21.2.